The van der Waals surface area contributed by atoms with E-state index in [1.165, 1.54) is 24.3 Å². The van der Waals surface area contributed by atoms with E-state index in [-0.39, 0.29) is 16.4 Å². The predicted octanol–water partition coefficient (Wildman–Crippen LogP) is 1.29. The normalized spacial score (nSPS) is 10.7. The molecule has 1 aromatic heterocycles. The Morgan fingerprint density at radius 2 is 1.95 bits per heavy atom. The van der Waals surface area contributed by atoms with Gasteiger partial charge in [-0.1, -0.05) is 6.07 Å². The molecule has 0 atom stereocenters. The predicted molar refractivity (Wildman–Crippen MR) is 64.0 cm³/mol. The van der Waals surface area contributed by atoms with Crippen LogP contribution in [-0.2, 0) is 10.0 Å². The van der Waals surface area contributed by atoms with E-state index < -0.39 is 15.8 Å². The highest BCUT2D eigenvalue weighted by Gasteiger charge is 2.16. The van der Waals surface area contributed by atoms with Crippen LogP contribution in [0.5, 0.6) is 0 Å². The Kier molecular flexibility index (Phi) is 3.39. The van der Waals surface area contributed by atoms with Crippen LogP contribution in [0.3, 0.4) is 0 Å². The molecule has 0 spiro atoms. The van der Waals surface area contributed by atoms with Crippen molar-refractivity contribution in [3.05, 3.63) is 48.0 Å². The molecular formula is C11H7FN4O2S. The molecule has 0 saturated heterocycles. The quantitative estimate of drug-likeness (QED) is 0.912. The highest BCUT2D eigenvalue weighted by atomic mass is 32.2. The Hall–Kier alpha value is -2.53. The summed E-state index contributed by atoms with van der Waals surface area (Å²) >= 11 is 0. The summed E-state index contributed by atoms with van der Waals surface area (Å²) < 4.78 is 38.6. The second kappa shape index (κ2) is 4.99. The summed E-state index contributed by atoms with van der Waals surface area (Å²) in [6, 6.07) is 7.30. The molecule has 0 aliphatic carbocycles. The van der Waals surface area contributed by atoms with Gasteiger partial charge >= 0.3 is 0 Å². The molecule has 2 aromatic rings. The maximum Gasteiger partial charge on any atom is 0.264 e. The van der Waals surface area contributed by atoms with Crippen molar-refractivity contribution < 1.29 is 12.8 Å². The van der Waals surface area contributed by atoms with Crippen molar-refractivity contribution in [3.63, 3.8) is 0 Å². The summed E-state index contributed by atoms with van der Waals surface area (Å²) in [5, 5.41) is 8.72. The van der Waals surface area contributed by atoms with Crippen LogP contribution >= 0.6 is 0 Å². The lowest BCUT2D eigenvalue weighted by Crippen LogP contribution is -2.15. The van der Waals surface area contributed by atoms with Gasteiger partial charge in [-0.25, -0.2) is 27.5 Å². The van der Waals surface area contributed by atoms with Gasteiger partial charge in [0, 0.05) is 0 Å². The first-order valence-corrected chi connectivity index (χ1v) is 6.50. The van der Waals surface area contributed by atoms with E-state index in [1.54, 1.807) is 0 Å². The lowest BCUT2D eigenvalue weighted by atomic mass is 10.2. The minimum Gasteiger partial charge on any atom is -0.247 e. The van der Waals surface area contributed by atoms with Crippen molar-refractivity contribution >= 4 is 16.0 Å². The summed E-state index contributed by atoms with van der Waals surface area (Å²) in [6.07, 6.45) is 1.69. The van der Waals surface area contributed by atoms with Crippen molar-refractivity contribution in [2.45, 2.75) is 4.90 Å². The second-order valence-corrected chi connectivity index (χ2v) is 5.15. The summed E-state index contributed by atoms with van der Waals surface area (Å²) in [7, 11) is -3.91. The Balaban J connectivity index is 2.32. The number of anilines is 1. The SMILES string of the molecule is N#Cc1cccc(S(=O)(=O)Nc2ncc(F)cn2)c1. The molecule has 0 unspecified atom stereocenters. The van der Waals surface area contributed by atoms with Gasteiger partial charge in [0.2, 0.25) is 5.95 Å². The molecule has 0 amide bonds. The minimum atomic E-state index is -3.91. The van der Waals surface area contributed by atoms with Gasteiger partial charge in [0.25, 0.3) is 10.0 Å². The lowest BCUT2D eigenvalue weighted by molar-refractivity contribution is 0.599. The molecular weight excluding hydrogens is 271 g/mol. The molecule has 19 heavy (non-hydrogen) atoms. The zero-order chi connectivity index (χ0) is 13.9. The molecule has 1 aromatic carbocycles. The number of nitriles is 1. The van der Waals surface area contributed by atoms with E-state index in [2.05, 4.69) is 14.7 Å². The fourth-order valence-electron chi connectivity index (χ4n) is 1.28. The molecule has 0 radical (unpaired) electrons. The number of sulfonamides is 1. The van der Waals surface area contributed by atoms with E-state index in [0.717, 1.165) is 12.4 Å². The molecule has 2 rings (SSSR count). The van der Waals surface area contributed by atoms with Crippen LogP contribution in [0.15, 0.2) is 41.6 Å². The zero-order valence-corrected chi connectivity index (χ0v) is 10.2. The first kappa shape index (κ1) is 12.9. The topological polar surface area (TPSA) is 95.7 Å². The van der Waals surface area contributed by atoms with E-state index in [1.807, 2.05) is 6.07 Å². The van der Waals surface area contributed by atoms with Crippen molar-refractivity contribution in [2.75, 3.05) is 4.72 Å². The van der Waals surface area contributed by atoms with Crippen LogP contribution < -0.4 is 4.72 Å². The highest BCUT2D eigenvalue weighted by Crippen LogP contribution is 2.14. The molecule has 1 heterocycles. The fourth-order valence-corrected chi connectivity index (χ4v) is 2.28. The van der Waals surface area contributed by atoms with Crippen LogP contribution in [0.25, 0.3) is 0 Å². The third kappa shape index (κ3) is 3.02. The van der Waals surface area contributed by atoms with Crippen molar-refractivity contribution in [1.29, 1.82) is 5.26 Å². The van der Waals surface area contributed by atoms with Crippen LogP contribution in [-0.4, -0.2) is 18.4 Å². The number of nitrogens with one attached hydrogen (secondary N) is 1. The number of aromatic nitrogens is 2. The molecule has 1 N–H and O–H groups in total. The number of halogens is 1. The summed E-state index contributed by atoms with van der Waals surface area (Å²) in [5.41, 5.74) is 0.211. The third-order valence-corrected chi connectivity index (χ3v) is 3.45. The molecule has 0 bridgehead atoms. The van der Waals surface area contributed by atoms with Gasteiger partial charge in [-0.2, -0.15) is 5.26 Å². The van der Waals surface area contributed by atoms with E-state index in [9.17, 15) is 12.8 Å². The van der Waals surface area contributed by atoms with Gasteiger partial charge in [0.05, 0.1) is 28.9 Å². The molecule has 6 nitrogen and oxygen atoms in total. The Morgan fingerprint density at radius 3 is 2.58 bits per heavy atom. The van der Waals surface area contributed by atoms with Gasteiger partial charge in [0.1, 0.15) is 0 Å². The monoisotopic (exact) mass is 278 g/mol. The van der Waals surface area contributed by atoms with Gasteiger partial charge in [-0.05, 0) is 18.2 Å². The van der Waals surface area contributed by atoms with E-state index in [4.69, 9.17) is 5.26 Å². The molecule has 0 saturated carbocycles. The van der Waals surface area contributed by atoms with Crippen molar-refractivity contribution in [1.82, 2.24) is 9.97 Å². The average Bonchev–Trinajstić information content (AvgIpc) is 2.41. The maximum absolute atomic E-state index is 12.6. The van der Waals surface area contributed by atoms with Gasteiger partial charge < -0.3 is 0 Å². The third-order valence-electron chi connectivity index (χ3n) is 2.12. The summed E-state index contributed by atoms with van der Waals surface area (Å²) in [6.45, 7) is 0. The molecule has 0 fully saturated rings. The van der Waals surface area contributed by atoms with Crippen molar-refractivity contribution in [2.24, 2.45) is 0 Å². The molecule has 0 aliphatic heterocycles. The minimum absolute atomic E-state index is 0.0977. The second-order valence-electron chi connectivity index (χ2n) is 3.47. The average molecular weight is 278 g/mol. The smallest absolute Gasteiger partial charge is 0.247 e. The van der Waals surface area contributed by atoms with Crippen LogP contribution in [0.2, 0.25) is 0 Å². The number of hydrogen-bond donors (Lipinski definition) is 1. The summed E-state index contributed by atoms with van der Waals surface area (Å²) in [5.74, 6) is -0.918. The molecule has 0 aliphatic rings. The Morgan fingerprint density at radius 1 is 1.26 bits per heavy atom. The Labute approximate surface area is 108 Å². The first-order chi connectivity index (χ1) is 9.01. The van der Waals surface area contributed by atoms with E-state index >= 15 is 0 Å². The molecule has 8 heteroatoms. The highest BCUT2D eigenvalue weighted by molar-refractivity contribution is 7.92. The largest absolute Gasteiger partial charge is 0.264 e. The van der Waals surface area contributed by atoms with Gasteiger partial charge in [-0.3, -0.25) is 0 Å². The molecule has 96 valence electrons. The van der Waals surface area contributed by atoms with Crippen LogP contribution in [0.4, 0.5) is 10.3 Å². The standard InChI is InChI=1S/C11H7FN4O2S/c12-9-6-14-11(15-7-9)16-19(17,18)10-3-1-2-8(4-10)5-13/h1-4,6-7H,(H,14,15,16). The zero-order valence-electron chi connectivity index (χ0n) is 9.41. The van der Waals surface area contributed by atoms with Crippen LogP contribution in [0.1, 0.15) is 5.56 Å². The first-order valence-electron chi connectivity index (χ1n) is 5.02. The number of benzene rings is 1. The van der Waals surface area contributed by atoms with Crippen molar-refractivity contribution in [3.8, 4) is 6.07 Å². The van der Waals surface area contributed by atoms with Gasteiger partial charge in [0.15, 0.2) is 5.82 Å². The Bertz CT molecular complexity index is 738. The lowest BCUT2D eigenvalue weighted by Gasteiger charge is -2.06. The maximum atomic E-state index is 12.6. The fraction of sp³-hybridized carbons (Fsp3) is 0. The van der Waals surface area contributed by atoms with E-state index in [0.29, 0.717) is 0 Å². The number of rotatable bonds is 3. The summed E-state index contributed by atoms with van der Waals surface area (Å²) in [4.78, 5) is 6.88. The van der Waals surface area contributed by atoms with Gasteiger partial charge in [-0.15, -0.1) is 0 Å². The number of nitrogens with zero attached hydrogens (tertiary/aromatic N) is 3. The van der Waals surface area contributed by atoms with Crippen LogP contribution in [0, 0.1) is 17.1 Å². The number of hydrogen-bond acceptors (Lipinski definition) is 5.